The van der Waals surface area contributed by atoms with Gasteiger partial charge in [-0.2, -0.15) is 0 Å². The molecule has 1 saturated carbocycles. The first-order valence-electron chi connectivity index (χ1n) is 5.52. The van der Waals surface area contributed by atoms with Gasteiger partial charge < -0.3 is 10.3 Å². The summed E-state index contributed by atoms with van der Waals surface area (Å²) in [5.41, 5.74) is 8.83. The van der Waals surface area contributed by atoms with Crippen LogP contribution in [0.2, 0.25) is 0 Å². The van der Waals surface area contributed by atoms with Crippen LogP contribution in [-0.4, -0.2) is 14.5 Å². The fraction of sp³-hybridized carbons (Fsp3) is 0.500. The van der Waals surface area contributed by atoms with Gasteiger partial charge in [-0.3, -0.25) is 4.21 Å². The second kappa shape index (κ2) is 4.55. The third-order valence-electron chi connectivity index (χ3n) is 3.21. The molecule has 0 spiro atoms. The van der Waals surface area contributed by atoms with Crippen LogP contribution in [0.25, 0.3) is 0 Å². The first-order chi connectivity index (χ1) is 7.58. The van der Waals surface area contributed by atoms with Gasteiger partial charge >= 0.3 is 0 Å². The Hall–Kier alpha value is -0.870. The summed E-state index contributed by atoms with van der Waals surface area (Å²) in [4.78, 5) is 0. The van der Waals surface area contributed by atoms with E-state index in [4.69, 9.17) is 5.73 Å². The van der Waals surface area contributed by atoms with Gasteiger partial charge in [-0.15, -0.1) is 0 Å². The molecular formula is C12H16NO2S-. The summed E-state index contributed by atoms with van der Waals surface area (Å²) in [6.45, 7) is 2.22. The Labute approximate surface area is 98.3 Å². The number of nitrogens with two attached hydrogens (primary N) is 1. The Morgan fingerprint density at radius 2 is 2.25 bits per heavy atom. The van der Waals surface area contributed by atoms with Crippen LogP contribution < -0.4 is 5.73 Å². The molecular weight excluding hydrogens is 222 g/mol. The van der Waals surface area contributed by atoms with Crippen molar-refractivity contribution in [3.8, 4) is 0 Å². The van der Waals surface area contributed by atoms with Gasteiger partial charge in [-0.05, 0) is 47.9 Å². The van der Waals surface area contributed by atoms with Crippen molar-refractivity contribution in [1.29, 1.82) is 0 Å². The highest BCUT2D eigenvalue weighted by atomic mass is 32.2. The van der Waals surface area contributed by atoms with Gasteiger partial charge in [-0.25, -0.2) is 0 Å². The van der Waals surface area contributed by atoms with Crippen LogP contribution in [0.15, 0.2) is 18.2 Å². The summed E-state index contributed by atoms with van der Waals surface area (Å²) in [6, 6.07) is 5.86. The first-order valence-corrected chi connectivity index (χ1v) is 6.76. The molecule has 0 bridgehead atoms. The summed E-state index contributed by atoms with van der Waals surface area (Å²) in [5.74, 6) is 1.51. The van der Waals surface area contributed by atoms with Crippen molar-refractivity contribution in [2.75, 3.05) is 11.5 Å². The number of benzene rings is 1. The Morgan fingerprint density at radius 3 is 2.81 bits per heavy atom. The van der Waals surface area contributed by atoms with Gasteiger partial charge in [0, 0.05) is 11.4 Å². The summed E-state index contributed by atoms with van der Waals surface area (Å²) in [6.07, 6.45) is 1.77. The lowest BCUT2D eigenvalue weighted by atomic mass is 9.99. The zero-order valence-corrected chi connectivity index (χ0v) is 10.1. The SMILES string of the molecule is CC1CC1c1ccc(N)cc1CCS(=O)[O-]. The lowest BCUT2D eigenvalue weighted by molar-refractivity contribution is 0.536. The molecule has 88 valence electrons. The van der Waals surface area contributed by atoms with E-state index in [1.807, 2.05) is 18.2 Å². The van der Waals surface area contributed by atoms with E-state index < -0.39 is 11.1 Å². The molecule has 2 rings (SSSR count). The molecule has 1 aliphatic carbocycles. The van der Waals surface area contributed by atoms with Gasteiger partial charge in [0.25, 0.3) is 0 Å². The molecule has 0 heterocycles. The standard InChI is InChI=1S/C12H17NO2S/c1-8-6-12(8)11-3-2-10(13)7-9(11)4-5-16(14)15/h2-3,7-8,12H,4-6,13H2,1H3,(H,14,15)/p-1. The van der Waals surface area contributed by atoms with Crippen molar-refractivity contribution in [3.63, 3.8) is 0 Å². The minimum atomic E-state index is -1.97. The van der Waals surface area contributed by atoms with Crippen molar-refractivity contribution < 1.29 is 8.76 Å². The van der Waals surface area contributed by atoms with E-state index in [0.29, 0.717) is 18.0 Å². The Balaban J connectivity index is 2.19. The van der Waals surface area contributed by atoms with Gasteiger partial charge in [0.15, 0.2) is 0 Å². The molecule has 3 unspecified atom stereocenters. The molecule has 3 atom stereocenters. The number of anilines is 1. The number of rotatable bonds is 4. The fourth-order valence-corrected chi connectivity index (χ4v) is 2.54. The number of aryl methyl sites for hydroxylation is 1. The van der Waals surface area contributed by atoms with Crippen molar-refractivity contribution in [1.82, 2.24) is 0 Å². The third kappa shape index (κ3) is 2.62. The fourth-order valence-electron chi connectivity index (χ4n) is 2.15. The summed E-state index contributed by atoms with van der Waals surface area (Å²) in [5, 5.41) is 0. The van der Waals surface area contributed by atoms with Crippen LogP contribution in [-0.2, 0) is 17.5 Å². The number of hydrogen-bond acceptors (Lipinski definition) is 3. The molecule has 0 amide bonds. The van der Waals surface area contributed by atoms with Crippen LogP contribution >= 0.6 is 0 Å². The monoisotopic (exact) mass is 238 g/mol. The Morgan fingerprint density at radius 1 is 1.56 bits per heavy atom. The van der Waals surface area contributed by atoms with Crippen molar-refractivity contribution in [2.24, 2.45) is 5.92 Å². The van der Waals surface area contributed by atoms with E-state index >= 15 is 0 Å². The van der Waals surface area contributed by atoms with E-state index in [-0.39, 0.29) is 5.75 Å². The lowest BCUT2D eigenvalue weighted by Crippen LogP contribution is -2.03. The molecule has 0 saturated heterocycles. The number of hydrogen-bond donors (Lipinski definition) is 1. The first kappa shape index (κ1) is 11.6. The maximum Gasteiger partial charge on any atom is 0.0316 e. The predicted octanol–water partition coefficient (Wildman–Crippen LogP) is 1.81. The third-order valence-corrected chi connectivity index (χ3v) is 3.75. The van der Waals surface area contributed by atoms with E-state index in [0.717, 1.165) is 11.5 Å². The number of nitrogen functional groups attached to an aromatic ring is 1. The van der Waals surface area contributed by atoms with Crippen LogP contribution in [0.5, 0.6) is 0 Å². The summed E-state index contributed by atoms with van der Waals surface area (Å²) >= 11 is -1.97. The van der Waals surface area contributed by atoms with E-state index in [2.05, 4.69) is 6.92 Å². The maximum atomic E-state index is 10.6. The Kier molecular flexibility index (Phi) is 3.30. The molecule has 1 fully saturated rings. The normalized spacial score (nSPS) is 25.4. The molecule has 2 N–H and O–H groups in total. The van der Waals surface area contributed by atoms with E-state index in [1.165, 1.54) is 12.0 Å². The van der Waals surface area contributed by atoms with E-state index in [9.17, 15) is 8.76 Å². The average Bonchev–Trinajstić information content (AvgIpc) is 2.92. The second-order valence-corrected chi connectivity index (χ2v) is 5.55. The largest absolute Gasteiger partial charge is 0.772 e. The van der Waals surface area contributed by atoms with Crippen LogP contribution in [0.1, 0.15) is 30.4 Å². The van der Waals surface area contributed by atoms with Crippen LogP contribution in [0, 0.1) is 5.92 Å². The highest BCUT2D eigenvalue weighted by Crippen LogP contribution is 2.48. The lowest BCUT2D eigenvalue weighted by Gasteiger charge is -2.11. The molecule has 1 aliphatic rings. The topological polar surface area (TPSA) is 66.2 Å². The molecule has 0 aliphatic heterocycles. The smallest absolute Gasteiger partial charge is 0.0316 e. The van der Waals surface area contributed by atoms with Crippen LogP contribution in [0.4, 0.5) is 5.69 Å². The summed E-state index contributed by atoms with van der Waals surface area (Å²) < 4.78 is 21.2. The zero-order valence-electron chi connectivity index (χ0n) is 9.31. The van der Waals surface area contributed by atoms with Crippen LogP contribution in [0.3, 0.4) is 0 Å². The zero-order chi connectivity index (χ0) is 11.7. The van der Waals surface area contributed by atoms with Gasteiger partial charge in [0.1, 0.15) is 0 Å². The minimum absolute atomic E-state index is 0.178. The predicted molar refractivity (Wildman–Crippen MR) is 64.9 cm³/mol. The van der Waals surface area contributed by atoms with Gasteiger partial charge in [0.05, 0.1) is 0 Å². The van der Waals surface area contributed by atoms with E-state index in [1.54, 1.807) is 0 Å². The average molecular weight is 238 g/mol. The summed E-state index contributed by atoms with van der Waals surface area (Å²) in [7, 11) is 0. The molecule has 3 nitrogen and oxygen atoms in total. The highest BCUT2D eigenvalue weighted by Gasteiger charge is 2.35. The van der Waals surface area contributed by atoms with Crippen molar-refractivity contribution in [3.05, 3.63) is 29.3 Å². The van der Waals surface area contributed by atoms with Crippen molar-refractivity contribution in [2.45, 2.75) is 25.7 Å². The molecule has 16 heavy (non-hydrogen) atoms. The quantitative estimate of drug-likeness (QED) is 0.642. The molecule has 1 aromatic rings. The molecule has 0 radical (unpaired) electrons. The van der Waals surface area contributed by atoms with Gasteiger partial charge in [-0.1, -0.05) is 24.1 Å². The van der Waals surface area contributed by atoms with Gasteiger partial charge in [0.2, 0.25) is 0 Å². The molecule has 0 aromatic heterocycles. The Bertz CT molecular complexity index is 419. The highest BCUT2D eigenvalue weighted by molar-refractivity contribution is 7.79. The molecule has 4 heteroatoms. The maximum absolute atomic E-state index is 10.6. The minimum Gasteiger partial charge on any atom is -0.772 e. The molecule has 1 aromatic carbocycles. The second-order valence-electron chi connectivity index (χ2n) is 4.54. The van der Waals surface area contributed by atoms with Crippen molar-refractivity contribution >= 4 is 16.8 Å².